The highest BCUT2D eigenvalue weighted by Crippen LogP contribution is 2.33. The van der Waals surface area contributed by atoms with Gasteiger partial charge in [-0.3, -0.25) is 9.69 Å². The van der Waals surface area contributed by atoms with Gasteiger partial charge in [0.15, 0.2) is 0 Å². The Kier molecular flexibility index (Phi) is 5.88. The van der Waals surface area contributed by atoms with Gasteiger partial charge in [0.25, 0.3) is 0 Å². The summed E-state index contributed by atoms with van der Waals surface area (Å²) >= 11 is 0. The largest absolute Gasteiger partial charge is 0.296 e. The predicted molar refractivity (Wildman–Crippen MR) is 116 cm³/mol. The average molecular weight is 429 g/mol. The molecule has 8 heteroatoms. The Labute approximate surface area is 178 Å². The van der Waals surface area contributed by atoms with Crippen molar-refractivity contribution in [1.82, 2.24) is 14.3 Å². The van der Waals surface area contributed by atoms with E-state index in [1.54, 1.807) is 4.90 Å². The van der Waals surface area contributed by atoms with Crippen molar-refractivity contribution in [3.05, 3.63) is 53.0 Å². The number of aromatic nitrogens is 2. The Hall–Kier alpha value is -2.32. The number of carbonyl (C=O) groups is 1. The maximum absolute atomic E-state index is 12.7. The summed E-state index contributed by atoms with van der Waals surface area (Å²) in [6, 6.07) is 10.2. The fourth-order valence-corrected chi connectivity index (χ4v) is 5.26. The van der Waals surface area contributed by atoms with Crippen LogP contribution in [-0.2, 0) is 27.7 Å². The smallest absolute Gasteiger partial charge is 0.232 e. The molecule has 3 heterocycles. The second-order valence-corrected chi connectivity index (χ2v) is 10.2. The van der Waals surface area contributed by atoms with E-state index in [9.17, 15) is 13.2 Å². The number of nitrogens with zero attached hydrogens (tertiary/aromatic N) is 4. The number of rotatable bonds is 6. The fraction of sp³-hybridized carbons (Fsp3) is 0.500. The highest BCUT2D eigenvalue weighted by Gasteiger charge is 2.34. The molecule has 4 rings (SSSR count). The molecule has 1 aromatic carbocycles. The first-order chi connectivity index (χ1) is 14.3. The van der Waals surface area contributed by atoms with Gasteiger partial charge in [0.1, 0.15) is 11.6 Å². The van der Waals surface area contributed by atoms with E-state index < -0.39 is 10.0 Å². The Morgan fingerprint density at radius 3 is 2.67 bits per heavy atom. The monoisotopic (exact) mass is 428 g/mol. The summed E-state index contributed by atoms with van der Waals surface area (Å²) in [4.78, 5) is 23.9. The van der Waals surface area contributed by atoms with Gasteiger partial charge in [-0.25, -0.2) is 22.7 Å². The lowest BCUT2D eigenvalue weighted by atomic mass is 9.98. The number of sulfonamides is 1. The molecule has 1 fully saturated rings. The lowest BCUT2D eigenvalue weighted by Crippen LogP contribution is -2.39. The van der Waals surface area contributed by atoms with E-state index in [1.807, 2.05) is 25.1 Å². The molecular weight excluding hydrogens is 400 g/mol. The number of hydrogen-bond acceptors (Lipinski definition) is 5. The van der Waals surface area contributed by atoms with Gasteiger partial charge in [-0.1, -0.05) is 30.3 Å². The SMILES string of the molecule is Cc1nc(C2CCCN(S(C)(=O)=O)C2)nc2c1CC(=O)N2CCCc1ccccc1. The molecule has 1 amide bonds. The van der Waals surface area contributed by atoms with Gasteiger partial charge in [-0.2, -0.15) is 0 Å². The van der Waals surface area contributed by atoms with Crippen molar-refractivity contribution in [3.8, 4) is 0 Å². The standard InChI is InChI=1S/C22H28N4O3S/c1-16-19-14-20(27)26(13-6-10-17-8-4-3-5-9-17)22(19)24-21(23-16)18-11-7-12-25(15-18)30(2,28)29/h3-5,8-9,18H,6-7,10-15H2,1-2H3. The number of anilines is 1. The Morgan fingerprint density at radius 2 is 1.93 bits per heavy atom. The van der Waals surface area contributed by atoms with E-state index in [0.717, 1.165) is 36.9 Å². The summed E-state index contributed by atoms with van der Waals surface area (Å²) in [5, 5.41) is 0. The molecular formula is C22H28N4O3S. The molecule has 0 spiro atoms. The van der Waals surface area contributed by atoms with Crippen LogP contribution >= 0.6 is 0 Å². The molecule has 0 bridgehead atoms. The third kappa shape index (κ3) is 4.39. The summed E-state index contributed by atoms with van der Waals surface area (Å²) in [7, 11) is -3.23. The maximum atomic E-state index is 12.7. The topological polar surface area (TPSA) is 83.5 Å². The lowest BCUT2D eigenvalue weighted by molar-refractivity contribution is -0.117. The number of fused-ring (bicyclic) bond motifs is 1. The summed E-state index contributed by atoms with van der Waals surface area (Å²) in [5.74, 6) is 1.39. The van der Waals surface area contributed by atoms with Crippen LogP contribution in [0.15, 0.2) is 30.3 Å². The molecule has 2 aromatic rings. The van der Waals surface area contributed by atoms with Crippen molar-refractivity contribution >= 4 is 21.7 Å². The van der Waals surface area contributed by atoms with Crippen molar-refractivity contribution in [2.24, 2.45) is 0 Å². The van der Waals surface area contributed by atoms with Crippen LogP contribution in [0, 0.1) is 6.92 Å². The van der Waals surface area contributed by atoms with Crippen LogP contribution in [0.1, 0.15) is 47.8 Å². The van der Waals surface area contributed by atoms with Crippen LogP contribution in [0.5, 0.6) is 0 Å². The van der Waals surface area contributed by atoms with Crippen molar-refractivity contribution in [3.63, 3.8) is 0 Å². The Bertz CT molecular complexity index is 1040. The molecule has 1 saturated heterocycles. The van der Waals surface area contributed by atoms with Crippen LogP contribution < -0.4 is 4.90 Å². The van der Waals surface area contributed by atoms with Gasteiger partial charge in [-0.05, 0) is 38.2 Å². The number of amides is 1. The van der Waals surface area contributed by atoms with Crippen molar-refractivity contribution < 1.29 is 13.2 Å². The zero-order valence-corrected chi connectivity index (χ0v) is 18.4. The number of aryl methyl sites for hydroxylation is 2. The third-order valence-corrected chi connectivity index (χ3v) is 7.27. The minimum Gasteiger partial charge on any atom is -0.296 e. The summed E-state index contributed by atoms with van der Waals surface area (Å²) in [5.41, 5.74) is 2.98. The second-order valence-electron chi connectivity index (χ2n) is 8.24. The van der Waals surface area contributed by atoms with Crippen molar-refractivity contribution in [2.75, 3.05) is 30.8 Å². The van der Waals surface area contributed by atoms with E-state index in [4.69, 9.17) is 4.98 Å². The third-order valence-electron chi connectivity index (χ3n) is 6.00. The Morgan fingerprint density at radius 1 is 1.17 bits per heavy atom. The van der Waals surface area contributed by atoms with E-state index in [1.165, 1.54) is 16.1 Å². The van der Waals surface area contributed by atoms with E-state index >= 15 is 0 Å². The van der Waals surface area contributed by atoms with Gasteiger partial charge in [0, 0.05) is 36.8 Å². The van der Waals surface area contributed by atoms with E-state index in [2.05, 4.69) is 17.1 Å². The average Bonchev–Trinajstić information content (AvgIpc) is 3.04. The zero-order valence-electron chi connectivity index (χ0n) is 17.5. The first-order valence-corrected chi connectivity index (χ1v) is 12.3. The second kappa shape index (κ2) is 8.43. The number of piperidine rings is 1. The van der Waals surface area contributed by atoms with Gasteiger partial charge in [0.05, 0.1) is 12.7 Å². The van der Waals surface area contributed by atoms with Crippen molar-refractivity contribution in [2.45, 2.75) is 44.9 Å². The number of hydrogen-bond donors (Lipinski definition) is 0. The molecule has 30 heavy (non-hydrogen) atoms. The normalized spacial score (nSPS) is 19.9. The molecule has 0 radical (unpaired) electrons. The minimum absolute atomic E-state index is 0.0423. The molecule has 1 unspecified atom stereocenters. The number of carbonyl (C=O) groups excluding carboxylic acids is 1. The first kappa shape index (κ1) is 20.9. The maximum Gasteiger partial charge on any atom is 0.232 e. The van der Waals surface area contributed by atoms with Gasteiger partial charge >= 0.3 is 0 Å². The van der Waals surface area contributed by atoms with Crippen LogP contribution in [0.3, 0.4) is 0 Å². The van der Waals surface area contributed by atoms with E-state index in [0.29, 0.717) is 37.7 Å². The molecule has 1 aromatic heterocycles. The molecule has 0 saturated carbocycles. The van der Waals surface area contributed by atoms with Crippen molar-refractivity contribution in [1.29, 1.82) is 0 Å². The highest BCUT2D eigenvalue weighted by atomic mass is 32.2. The van der Waals surface area contributed by atoms with Crippen LogP contribution in [0.2, 0.25) is 0 Å². The van der Waals surface area contributed by atoms with Crippen LogP contribution in [0.25, 0.3) is 0 Å². The molecule has 7 nitrogen and oxygen atoms in total. The molecule has 160 valence electrons. The van der Waals surface area contributed by atoms with E-state index in [-0.39, 0.29) is 11.8 Å². The van der Waals surface area contributed by atoms with Gasteiger partial charge < -0.3 is 0 Å². The quantitative estimate of drug-likeness (QED) is 0.706. The van der Waals surface area contributed by atoms with Gasteiger partial charge in [-0.15, -0.1) is 0 Å². The fourth-order valence-electron chi connectivity index (χ4n) is 4.35. The minimum atomic E-state index is -3.23. The molecule has 0 aliphatic carbocycles. The number of benzene rings is 1. The molecule has 1 atom stereocenters. The Balaban J connectivity index is 1.53. The summed E-state index contributed by atoms with van der Waals surface area (Å²) in [6.07, 6.45) is 5.00. The zero-order chi connectivity index (χ0) is 21.3. The van der Waals surface area contributed by atoms with Gasteiger partial charge in [0.2, 0.25) is 15.9 Å². The van der Waals surface area contributed by atoms with Crippen LogP contribution in [-0.4, -0.2) is 54.5 Å². The summed E-state index contributed by atoms with van der Waals surface area (Å²) in [6.45, 7) is 3.49. The van der Waals surface area contributed by atoms with Crippen LogP contribution in [0.4, 0.5) is 5.82 Å². The molecule has 2 aliphatic heterocycles. The summed E-state index contributed by atoms with van der Waals surface area (Å²) < 4.78 is 25.5. The molecule has 2 aliphatic rings. The molecule has 0 N–H and O–H groups in total. The lowest BCUT2D eigenvalue weighted by Gasteiger charge is -2.30. The highest BCUT2D eigenvalue weighted by molar-refractivity contribution is 7.88. The first-order valence-electron chi connectivity index (χ1n) is 10.5. The predicted octanol–water partition coefficient (Wildman–Crippen LogP) is 2.45.